The van der Waals surface area contributed by atoms with Crippen molar-refractivity contribution < 1.29 is 18.3 Å². The molecule has 0 unspecified atom stereocenters. The Morgan fingerprint density at radius 1 is 0.950 bits per heavy atom. The second-order valence-corrected chi connectivity index (χ2v) is 6.46. The first-order valence-corrected chi connectivity index (χ1v) is 7.53. The van der Waals surface area contributed by atoms with Crippen LogP contribution in [0.4, 0.5) is 13.2 Å². The van der Waals surface area contributed by atoms with Gasteiger partial charge in [-0.05, 0) is 38.5 Å². The summed E-state index contributed by atoms with van der Waals surface area (Å²) in [6.45, 7) is 0. The van der Waals surface area contributed by atoms with E-state index in [1.54, 1.807) is 0 Å². The highest BCUT2D eigenvalue weighted by atomic mass is 19.4. The van der Waals surface area contributed by atoms with E-state index in [1.807, 2.05) is 0 Å². The number of hydrogen-bond donors (Lipinski definition) is 1. The Morgan fingerprint density at radius 3 is 1.85 bits per heavy atom. The Labute approximate surface area is 118 Å². The molecule has 0 saturated heterocycles. The Balaban J connectivity index is 2.13. The minimum absolute atomic E-state index is 0.0522. The Morgan fingerprint density at radius 2 is 1.45 bits per heavy atom. The monoisotopic (exact) mass is 289 g/mol. The van der Waals surface area contributed by atoms with Gasteiger partial charge in [-0.15, -0.1) is 0 Å². The predicted octanol–water partition coefficient (Wildman–Crippen LogP) is 4.33. The van der Waals surface area contributed by atoms with Crippen LogP contribution in [0.15, 0.2) is 0 Å². The Hall–Kier alpha value is -0.760. The number of rotatable bonds is 1. The molecule has 0 heterocycles. The molecule has 1 N–H and O–H groups in total. The van der Waals surface area contributed by atoms with Crippen molar-refractivity contribution in [3.63, 3.8) is 0 Å². The largest absolute Gasteiger partial charge is 0.391 e. The van der Waals surface area contributed by atoms with Crippen molar-refractivity contribution in [2.45, 2.75) is 76.0 Å². The minimum atomic E-state index is -4.18. The summed E-state index contributed by atoms with van der Waals surface area (Å²) in [5.74, 6) is -1.32. The highest BCUT2D eigenvalue weighted by molar-refractivity contribution is 5.13. The molecular formula is C15H22F3NO. The molecular weight excluding hydrogens is 267 g/mol. The Kier molecular flexibility index (Phi) is 4.34. The van der Waals surface area contributed by atoms with E-state index in [1.165, 1.54) is 0 Å². The van der Waals surface area contributed by atoms with Gasteiger partial charge in [-0.1, -0.05) is 25.7 Å². The first-order chi connectivity index (χ1) is 9.33. The van der Waals surface area contributed by atoms with Gasteiger partial charge in [0, 0.05) is 0 Å². The average Bonchev–Trinajstić information content (AvgIpc) is 2.64. The topological polar surface area (TPSA) is 44.0 Å². The molecule has 20 heavy (non-hydrogen) atoms. The van der Waals surface area contributed by atoms with Gasteiger partial charge in [-0.25, -0.2) is 0 Å². The quantitative estimate of drug-likeness (QED) is 0.730. The molecule has 0 radical (unpaired) electrons. The normalized spacial score (nSPS) is 35.0. The van der Waals surface area contributed by atoms with E-state index in [4.69, 9.17) is 0 Å². The summed E-state index contributed by atoms with van der Waals surface area (Å²) in [4.78, 5) is 0. The lowest BCUT2D eigenvalue weighted by atomic mass is 9.61. The molecule has 0 bridgehead atoms. The number of alkyl halides is 3. The zero-order chi connectivity index (χ0) is 14.9. The van der Waals surface area contributed by atoms with Crippen LogP contribution in [-0.4, -0.2) is 16.9 Å². The van der Waals surface area contributed by atoms with Crippen LogP contribution in [0, 0.1) is 22.7 Å². The van der Waals surface area contributed by atoms with E-state index in [0.29, 0.717) is 12.8 Å². The third kappa shape index (κ3) is 2.81. The zero-order valence-corrected chi connectivity index (χ0v) is 11.7. The summed E-state index contributed by atoms with van der Waals surface area (Å²) < 4.78 is 38.2. The fraction of sp³-hybridized carbons (Fsp3) is 0.933. The summed E-state index contributed by atoms with van der Waals surface area (Å²) >= 11 is 0. The average molecular weight is 289 g/mol. The predicted molar refractivity (Wildman–Crippen MR) is 68.7 cm³/mol. The first kappa shape index (κ1) is 15.6. The van der Waals surface area contributed by atoms with Crippen LogP contribution in [0.1, 0.15) is 64.2 Å². The number of hydrogen-bond acceptors (Lipinski definition) is 2. The molecule has 2 aliphatic rings. The van der Waals surface area contributed by atoms with Crippen molar-refractivity contribution in [2.24, 2.45) is 11.3 Å². The van der Waals surface area contributed by atoms with Gasteiger partial charge in [0.05, 0.1) is 23.0 Å². The summed E-state index contributed by atoms with van der Waals surface area (Å²) in [6, 6.07) is 2.29. The second-order valence-electron chi connectivity index (χ2n) is 6.46. The number of halogens is 3. The molecule has 0 aromatic heterocycles. The summed E-state index contributed by atoms with van der Waals surface area (Å²) in [7, 11) is 0. The van der Waals surface area contributed by atoms with Gasteiger partial charge in [-0.3, -0.25) is 0 Å². The lowest BCUT2D eigenvalue weighted by molar-refractivity contribution is -0.201. The molecule has 2 rings (SSSR count). The SMILES string of the molecule is N#CC1(C2(O)CCC(C(F)(F)F)CC2)CCCCCC1. The van der Waals surface area contributed by atoms with Crippen LogP contribution >= 0.6 is 0 Å². The van der Waals surface area contributed by atoms with Crippen LogP contribution in [0.2, 0.25) is 0 Å². The van der Waals surface area contributed by atoms with Gasteiger partial charge >= 0.3 is 6.18 Å². The van der Waals surface area contributed by atoms with Crippen molar-refractivity contribution in [3.8, 4) is 6.07 Å². The summed E-state index contributed by atoms with van der Waals surface area (Å²) in [6.07, 6.45) is 1.03. The molecule has 0 aromatic rings. The fourth-order valence-electron chi connectivity index (χ4n) is 3.91. The van der Waals surface area contributed by atoms with E-state index >= 15 is 0 Å². The third-order valence-electron chi connectivity index (χ3n) is 5.34. The first-order valence-electron chi connectivity index (χ1n) is 7.53. The highest BCUT2D eigenvalue weighted by Crippen LogP contribution is 2.52. The van der Waals surface area contributed by atoms with E-state index in [9.17, 15) is 23.5 Å². The minimum Gasteiger partial charge on any atom is -0.388 e. The van der Waals surface area contributed by atoms with Gasteiger partial charge in [0.1, 0.15) is 0 Å². The molecule has 0 aromatic carbocycles. The molecule has 2 aliphatic carbocycles. The number of aliphatic hydroxyl groups is 1. The van der Waals surface area contributed by atoms with Crippen molar-refractivity contribution >= 4 is 0 Å². The van der Waals surface area contributed by atoms with Gasteiger partial charge in [0.25, 0.3) is 0 Å². The maximum Gasteiger partial charge on any atom is 0.391 e. The molecule has 2 fully saturated rings. The van der Waals surface area contributed by atoms with Crippen molar-refractivity contribution in [1.82, 2.24) is 0 Å². The lowest BCUT2D eigenvalue weighted by Gasteiger charge is -2.46. The molecule has 114 valence electrons. The van der Waals surface area contributed by atoms with Crippen LogP contribution < -0.4 is 0 Å². The molecule has 5 heteroatoms. The van der Waals surface area contributed by atoms with Gasteiger partial charge in [0.2, 0.25) is 0 Å². The summed E-state index contributed by atoms with van der Waals surface area (Å²) in [5, 5.41) is 20.4. The molecule has 0 spiro atoms. The van der Waals surface area contributed by atoms with Crippen LogP contribution in [0.25, 0.3) is 0 Å². The van der Waals surface area contributed by atoms with E-state index in [2.05, 4.69) is 6.07 Å². The standard InChI is InChI=1S/C15H22F3NO/c16-15(17,18)12-5-9-14(20,10-6-12)13(11-19)7-3-1-2-4-8-13/h12,20H,1-10H2. The molecule has 0 aliphatic heterocycles. The zero-order valence-electron chi connectivity index (χ0n) is 11.7. The van der Waals surface area contributed by atoms with Crippen molar-refractivity contribution in [3.05, 3.63) is 0 Å². The van der Waals surface area contributed by atoms with Crippen LogP contribution in [-0.2, 0) is 0 Å². The maximum atomic E-state index is 12.7. The van der Waals surface area contributed by atoms with Gasteiger partial charge in [0.15, 0.2) is 0 Å². The van der Waals surface area contributed by atoms with E-state index in [0.717, 1.165) is 25.7 Å². The number of nitrogens with zero attached hydrogens (tertiary/aromatic N) is 1. The maximum absolute atomic E-state index is 12.7. The van der Waals surface area contributed by atoms with Crippen molar-refractivity contribution in [1.29, 1.82) is 5.26 Å². The fourth-order valence-corrected chi connectivity index (χ4v) is 3.91. The van der Waals surface area contributed by atoms with Crippen LogP contribution in [0.3, 0.4) is 0 Å². The van der Waals surface area contributed by atoms with Gasteiger partial charge in [-0.2, -0.15) is 18.4 Å². The smallest absolute Gasteiger partial charge is 0.388 e. The van der Waals surface area contributed by atoms with Crippen molar-refractivity contribution in [2.75, 3.05) is 0 Å². The molecule has 0 atom stereocenters. The molecule has 2 nitrogen and oxygen atoms in total. The Bertz CT molecular complexity index is 370. The van der Waals surface area contributed by atoms with Crippen LogP contribution in [0.5, 0.6) is 0 Å². The third-order valence-corrected chi connectivity index (χ3v) is 5.34. The van der Waals surface area contributed by atoms with E-state index < -0.39 is 23.1 Å². The second kappa shape index (κ2) is 5.55. The molecule has 0 amide bonds. The lowest BCUT2D eigenvalue weighted by Crippen LogP contribution is -2.51. The summed E-state index contributed by atoms with van der Waals surface area (Å²) in [5.41, 5.74) is -2.06. The van der Waals surface area contributed by atoms with Gasteiger partial charge < -0.3 is 5.11 Å². The molecule has 2 saturated carbocycles. The number of nitriles is 1. The highest BCUT2D eigenvalue weighted by Gasteiger charge is 2.54. The van der Waals surface area contributed by atoms with E-state index in [-0.39, 0.29) is 25.7 Å².